The van der Waals surface area contributed by atoms with Crippen molar-refractivity contribution in [2.45, 2.75) is 25.0 Å². The molecule has 7 nitrogen and oxygen atoms in total. The van der Waals surface area contributed by atoms with Gasteiger partial charge in [-0.3, -0.25) is 14.2 Å². The third kappa shape index (κ3) is 4.65. The van der Waals surface area contributed by atoms with Crippen molar-refractivity contribution in [1.29, 1.82) is 0 Å². The number of rotatable bonds is 7. The molecule has 0 aliphatic rings. The number of ether oxygens (including phenoxy) is 1. The lowest BCUT2D eigenvalue weighted by Crippen LogP contribution is -2.24. The van der Waals surface area contributed by atoms with Gasteiger partial charge in [0.25, 0.3) is 5.56 Å². The summed E-state index contributed by atoms with van der Waals surface area (Å²) in [6.07, 6.45) is 0.770. The zero-order chi connectivity index (χ0) is 20.8. The van der Waals surface area contributed by atoms with Crippen LogP contribution in [0, 0.1) is 0 Å². The van der Waals surface area contributed by atoms with Crippen molar-refractivity contribution in [1.82, 2.24) is 9.55 Å². The van der Waals surface area contributed by atoms with E-state index >= 15 is 0 Å². The summed E-state index contributed by atoms with van der Waals surface area (Å²) in [7, 11) is 1.29. The van der Waals surface area contributed by atoms with E-state index in [1.165, 1.54) is 18.9 Å². The smallest absolute Gasteiger partial charge is 0.339 e. The molecule has 29 heavy (non-hydrogen) atoms. The van der Waals surface area contributed by atoms with E-state index in [1.54, 1.807) is 47.0 Å². The molecule has 8 heteroatoms. The maximum Gasteiger partial charge on any atom is 0.339 e. The number of aromatic nitrogens is 2. The number of nitrogens with one attached hydrogen (secondary N) is 1. The van der Waals surface area contributed by atoms with E-state index in [0.717, 1.165) is 6.42 Å². The molecule has 0 atom stereocenters. The van der Waals surface area contributed by atoms with Crippen molar-refractivity contribution in [2.24, 2.45) is 0 Å². The molecule has 0 unspecified atom stereocenters. The third-order valence-corrected chi connectivity index (χ3v) is 5.19. The molecule has 0 fully saturated rings. The van der Waals surface area contributed by atoms with Crippen LogP contribution in [0.2, 0.25) is 0 Å². The Morgan fingerprint density at radius 3 is 2.62 bits per heavy atom. The number of para-hydroxylation sites is 2. The maximum atomic E-state index is 12.8. The average molecular weight is 411 g/mol. The number of carbonyl (C=O) groups is 2. The largest absolute Gasteiger partial charge is 0.465 e. The number of fused-ring (bicyclic) bond motifs is 1. The molecule has 0 saturated heterocycles. The topological polar surface area (TPSA) is 90.3 Å². The van der Waals surface area contributed by atoms with Crippen molar-refractivity contribution in [3.05, 3.63) is 64.4 Å². The first-order valence-electron chi connectivity index (χ1n) is 9.14. The monoisotopic (exact) mass is 411 g/mol. The number of carbonyl (C=O) groups excluding carboxylic acids is 2. The summed E-state index contributed by atoms with van der Waals surface area (Å²) in [6.45, 7) is 2.50. The molecule has 1 heterocycles. The lowest BCUT2D eigenvalue weighted by Gasteiger charge is -2.13. The van der Waals surface area contributed by atoms with Crippen LogP contribution in [0.25, 0.3) is 10.9 Å². The van der Waals surface area contributed by atoms with E-state index in [0.29, 0.717) is 28.3 Å². The van der Waals surface area contributed by atoms with Crippen molar-refractivity contribution < 1.29 is 14.3 Å². The Labute approximate surface area is 172 Å². The Kier molecular flexibility index (Phi) is 6.66. The van der Waals surface area contributed by atoms with Gasteiger partial charge in [0.1, 0.15) is 0 Å². The Morgan fingerprint density at radius 2 is 1.86 bits per heavy atom. The van der Waals surface area contributed by atoms with Crippen LogP contribution < -0.4 is 10.9 Å². The maximum absolute atomic E-state index is 12.8. The highest BCUT2D eigenvalue weighted by atomic mass is 32.2. The van der Waals surface area contributed by atoms with Gasteiger partial charge in [-0.2, -0.15) is 0 Å². The third-order valence-electron chi connectivity index (χ3n) is 4.21. The molecular weight excluding hydrogens is 390 g/mol. The molecular formula is C21H21N3O4S. The molecule has 0 radical (unpaired) electrons. The van der Waals surface area contributed by atoms with E-state index in [1.807, 2.05) is 13.0 Å². The minimum Gasteiger partial charge on any atom is -0.465 e. The van der Waals surface area contributed by atoms with Gasteiger partial charge in [0, 0.05) is 6.54 Å². The summed E-state index contributed by atoms with van der Waals surface area (Å²) in [5, 5.41) is 3.77. The predicted molar refractivity (Wildman–Crippen MR) is 113 cm³/mol. The zero-order valence-electron chi connectivity index (χ0n) is 16.2. The lowest BCUT2D eigenvalue weighted by atomic mass is 10.2. The van der Waals surface area contributed by atoms with Crippen LogP contribution in [0.3, 0.4) is 0 Å². The van der Waals surface area contributed by atoms with Gasteiger partial charge >= 0.3 is 5.97 Å². The predicted octanol–water partition coefficient (Wildman–Crippen LogP) is 3.32. The second kappa shape index (κ2) is 9.38. The summed E-state index contributed by atoms with van der Waals surface area (Å²) in [5.74, 6) is -0.789. The first-order valence-corrected chi connectivity index (χ1v) is 10.1. The van der Waals surface area contributed by atoms with Gasteiger partial charge in [-0.05, 0) is 30.7 Å². The summed E-state index contributed by atoms with van der Waals surface area (Å²) >= 11 is 1.19. The molecule has 0 spiro atoms. The number of methoxy groups -OCH3 is 1. The van der Waals surface area contributed by atoms with Gasteiger partial charge in [-0.25, -0.2) is 9.78 Å². The fourth-order valence-electron chi connectivity index (χ4n) is 2.88. The number of esters is 1. The van der Waals surface area contributed by atoms with Crippen LogP contribution in [0.5, 0.6) is 0 Å². The normalized spacial score (nSPS) is 10.7. The van der Waals surface area contributed by atoms with Crippen molar-refractivity contribution in [3.63, 3.8) is 0 Å². The Bertz CT molecular complexity index is 1110. The molecule has 150 valence electrons. The molecule has 2 aromatic carbocycles. The van der Waals surface area contributed by atoms with Gasteiger partial charge < -0.3 is 10.1 Å². The Morgan fingerprint density at radius 1 is 1.14 bits per heavy atom. The van der Waals surface area contributed by atoms with Crippen LogP contribution in [0.1, 0.15) is 23.7 Å². The number of nitrogens with zero attached hydrogens (tertiary/aromatic N) is 2. The second-order valence-electron chi connectivity index (χ2n) is 6.24. The molecule has 1 amide bonds. The Balaban J connectivity index is 1.80. The summed E-state index contributed by atoms with van der Waals surface area (Å²) in [5.41, 5.74) is 1.14. The SMILES string of the molecule is CCCn1c(SCC(=O)Nc2ccccc2C(=O)OC)nc2ccccc2c1=O. The van der Waals surface area contributed by atoms with Crippen molar-refractivity contribution >= 4 is 40.2 Å². The van der Waals surface area contributed by atoms with Gasteiger partial charge in [-0.1, -0.05) is 43.0 Å². The summed E-state index contributed by atoms with van der Waals surface area (Å²) in [4.78, 5) is 41.7. The van der Waals surface area contributed by atoms with Crippen LogP contribution >= 0.6 is 11.8 Å². The molecule has 3 rings (SSSR count). The second-order valence-corrected chi connectivity index (χ2v) is 7.18. The fraction of sp³-hybridized carbons (Fsp3) is 0.238. The van der Waals surface area contributed by atoms with Crippen LogP contribution in [-0.2, 0) is 16.1 Å². The molecule has 0 bridgehead atoms. The van der Waals surface area contributed by atoms with Crippen LogP contribution in [0.15, 0.2) is 58.5 Å². The molecule has 3 aromatic rings. The summed E-state index contributed by atoms with van der Waals surface area (Å²) < 4.78 is 6.34. The van der Waals surface area contributed by atoms with Crippen molar-refractivity contribution in [3.8, 4) is 0 Å². The first kappa shape index (κ1) is 20.6. The fourth-order valence-corrected chi connectivity index (χ4v) is 3.70. The average Bonchev–Trinajstić information content (AvgIpc) is 2.74. The standard InChI is InChI=1S/C21H21N3O4S/c1-3-12-24-19(26)14-8-4-6-10-16(14)23-21(24)29-13-18(25)22-17-11-7-5-9-15(17)20(27)28-2/h4-11H,3,12-13H2,1-2H3,(H,22,25). The first-order chi connectivity index (χ1) is 14.0. The number of hydrogen-bond donors (Lipinski definition) is 1. The molecule has 0 saturated carbocycles. The number of hydrogen-bond acceptors (Lipinski definition) is 6. The van der Waals surface area contributed by atoms with Crippen LogP contribution in [0.4, 0.5) is 5.69 Å². The molecule has 1 N–H and O–H groups in total. The van der Waals surface area contributed by atoms with E-state index in [-0.39, 0.29) is 22.8 Å². The van der Waals surface area contributed by atoms with Gasteiger partial charge in [0.05, 0.1) is 35.0 Å². The van der Waals surface area contributed by atoms with Gasteiger partial charge in [-0.15, -0.1) is 0 Å². The minimum absolute atomic E-state index is 0.0456. The zero-order valence-corrected chi connectivity index (χ0v) is 17.0. The van der Waals surface area contributed by atoms with Crippen molar-refractivity contribution in [2.75, 3.05) is 18.2 Å². The highest BCUT2D eigenvalue weighted by molar-refractivity contribution is 7.99. The molecule has 0 aliphatic carbocycles. The Hall–Kier alpha value is -3.13. The molecule has 0 aliphatic heterocycles. The summed E-state index contributed by atoms with van der Waals surface area (Å²) in [6, 6.07) is 13.8. The van der Waals surface area contributed by atoms with E-state index in [4.69, 9.17) is 4.74 Å². The van der Waals surface area contributed by atoms with Gasteiger partial charge in [0.15, 0.2) is 5.16 Å². The van der Waals surface area contributed by atoms with Crippen LogP contribution in [-0.4, -0.2) is 34.3 Å². The quantitative estimate of drug-likeness (QED) is 0.364. The number of anilines is 1. The van der Waals surface area contributed by atoms with E-state index in [9.17, 15) is 14.4 Å². The van der Waals surface area contributed by atoms with E-state index < -0.39 is 5.97 Å². The minimum atomic E-state index is -0.526. The van der Waals surface area contributed by atoms with Gasteiger partial charge in [0.2, 0.25) is 5.91 Å². The number of benzene rings is 2. The highest BCUT2D eigenvalue weighted by Gasteiger charge is 2.15. The lowest BCUT2D eigenvalue weighted by molar-refractivity contribution is -0.113. The number of thioether (sulfide) groups is 1. The van der Waals surface area contributed by atoms with E-state index in [2.05, 4.69) is 10.3 Å². The highest BCUT2D eigenvalue weighted by Crippen LogP contribution is 2.20. The number of amides is 1. The molecule has 1 aromatic heterocycles.